The summed E-state index contributed by atoms with van der Waals surface area (Å²) in [5.41, 5.74) is 12.7. The fourth-order valence-electron chi connectivity index (χ4n) is 1.11. The van der Waals surface area contributed by atoms with Gasteiger partial charge in [-0.15, -0.1) is 4.91 Å². The summed E-state index contributed by atoms with van der Waals surface area (Å²) in [6, 6.07) is 2.85. The minimum atomic E-state index is -0.243. The number of nitroso groups, excluding NO2 is 1. The fourth-order valence-corrected chi connectivity index (χ4v) is 1.11. The van der Waals surface area contributed by atoms with Crippen molar-refractivity contribution in [3.63, 3.8) is 0 Å². The van der Waals surface area contributed by atoms with Gasteiger partial charge in [0.15, 0.2) is 5.58 Å². The smallest absolute Gasteiger partial charge is 0.362 e. The predicted molar refractivity (Wildman–Crippen MR) is 48.3 cm³/mol. The van der Waals surface area contributed by atoms with Gasteiger partial charge in [-0.05, 0) is 12.1 Å². The highest BCUT2D eigenvalue weighted by Gasteiger charge is 2.09. The van der Waals surface area contributed by atoms with Gasteiger partial charge in [0, 0.05) is 10.9 Å². The van der Waals surface area contributed by atoms with Crippen molar-refractivity contribution in [1.82, 2.24) is 4.98 Å². The van der Waals surface area contributed by atoms with Gasteiger partial charge in [0.1, 0.15) is 5.52 Å². The van der Waals surface area contributed by atoms with E-state index in [9.17, 15) is 4.91 Å². The lowest BCUT2D eigenvalue weighted by molar-refractivity contribution is 0.613. The highest BCUT2D eigenvalue weighted by Crippen LogP contribution is 2.27. The molecule has 6 nitrogen and oxygen atoms in total. The van der Waals surface area contributed by atoms with Gasteiger partial charge in [-0.3, -0.25) is 0 Å². The normalized spacial score (nSPS) is 10.5. The molecular weight excluding hydrogens is 172 g/mol. The van der Waals surface area contributed by atoms with E-state index in [4.69, 9.17) is 15.9 Å². The van der Waals surface area contributed by atoms with Crippen LogP contribution >= 0.6 is 0 Å². The number of fused-ring (bicyclic) bond motifs is 1. The van der Waals surface area contributed by atoms with Gasteiger partial charge in [-0.25, -0.2) is 0 Å². The Morgan fingerprint density at radius 3 is 2.85 bits per heavy atom. The van der Waals surface area contributed by atoms with E-state index in [1.54, 1.807) is 6.07 Å². The Bertz CT molecular complexity index is 477. The van der Waals surface area contributed by atoms with E-state index in [0.717, 1.165) is 0 Å². The van der Waals surface area contributed by atoms with Gasteiger partial charge in [0.05, 0.1) is 5.69 Å². The number of nitrogen functional groups attached to an aromatic ring is 2. The van der Waals surface area contributed by atoms with Crippen LogP contribution in [0, 0.1) is 4.91 Å². The molecule has 0 radical (unpaired) electrons. The quantitative estimate of drug-likeness (QED) is 0.506. The number of nitrogens with two attached hydrogens (primary N) is 2. The molecule has 2 rings (SSSR count). The minimum absolute atomic E-state index is 0.243. The lowest BCUT2D eigenvalue weighted by atomic mass is 10.2. The maximum Gasteiger partial charge on any atom is 0.362 e. The highest BCUT2D eigenvalue weighted by atomic mass is 16.4. The zero-order valence-electron chi connectivity index (χ0n) is 6.52. The van der Waals surface area contributed by atoms with Crippen LogP contribution in [0.5, 0.6) is 0 Å². The molecule has 0 aliphatic rings. The molecule has 0 aliphatic carbocycles. The zero-order valence-corrected chi connectivity index (χ0v) is 6.52. The first-order valence-electron chi connectivity index (χ1n) is 3.49. The number of oxazole rings is 1. The molecular formula is C7H6N4O2. The molecule has 4 N–H and O–H groups in total. The van der Waals surface area contributed by atoms with Gasteiger partial charge < -0.3 is 15.9 Å². The Labute approximate surface area is 72.5 Å². The molecule has 6 heteroatoms. The largest absolute Gasteiger partial charge is 0.418 e. The Hall–Kier alpha value is -2.11. The van der Waals surface area contributed by atoms with Crippen molar-refractivity contribution in [2.24, 2.45) is 5.18 Å². The number of benzene rings is 1. The van der Waals surface area contributed by atoms with E-state index in [1.165, 1.54) is 6.07 Å². The summed E-state index contributed by atoms with van der Waals surface area (Å²) in [5.74, 6) is 0. The van der Waals surface area contributed by atoms with Crippen LogP contribution in [-0.4, -0.2) is 4.98 Å². The minimum Gasteiger partial charge on any atom is -0.418 e. The molecule has 0 amide bonds. The summed E-state index contributed by atoms with van der Waals surface area (Å²) in [6.45, 7) is 0. The van der Waals surface area contributed by atoms with Crippen molar-refractivity contribution in [2.45, 2.75) is 0 Å². The Balaban J connectivity index is 2.82. The second kappa shape index (κ2) is 2.44. The van der Waals surface area contributed by atoms with Gasteiger partial charge in [-0.1, -0.05) is 0 Å². The van der Waals surface area contributed by atoms with Crippen LogP contribution in [0.15, 0.2) is 21.7 Å². The molecule has 2 aromatic rings. The number of hydrogen-bond acceptors (Lipinski definition) is 6. The lowest BCUT2D eigenvalue weighted by Crippen LogP contribution is -1.89. The zero-order chi connectivity index (χ0) is 9.42. The molecule has 0 unspecified atom stereocenters. The average molecular weight is 178 g/mol. The predicted octanol–water partition coefficient (Wildman–Crippen LogP) is 1.39. The van der Waals surface area contributed by atoms with Crippen LogP contribution in [0.2, 0.25) is 0 Å². The van der Waals surface area contributed by atoms with E-state index in [1.807, 2.05) is 0 Å². The highest BCUT2D eigenvalue weighted by molar-refractivity contribution is 5.89. The Kier molecular flexibility index (Phi) is 1.42. The van der Waals surface area contributed by atoms with Crippen molar-refractivity contribution in [3.8, 4) is 0 Å². The lowest BCUT2D eigenvalue weighted by Gasteiger charge is -1.94. The Morgan fingerprint density at radius 2 is 2.15 bits per heavy atom. The van der Waals surface area contributed by atoms with Crippen molar-refractivity contribution < 1.29 is 4.42 Å². The van der Waals surface area contributed by atoms with Crippen molar-refractivity contribution in [3.05, 3.63) is 17.0 Å². The maximum absolute atomic E-state index is 10.1. The summed E-state index contributed by atoms with van der Waals surface area (Å²) in [4.78, 5) is 13.8. The third-order valence-electron chi connectivity index (χ3n) is 1.61. The van der Waals surface area contributed by atoms with Crippen LogP contribution in [0.1, 0.15) is 0 Å². The summed E-state index contributed by atoms with van der Waals surface area (Å²) in [5, 5.41) is 2.55. The number of nitrogens with zero attached hydrogens (tertiary/aromatic N) is 2. The molecule has 13 heavy (non-hydrogen) atoms. The van der Waals surface area contributed by atoms with Gasteiger partial charge in [-0.2, -0.15) is 4.98 Å². The summed E-state index contributed by atoms with van der Waals surface area (Å²) in [7, 11) is 0. The number of rotatable bonds is 1. The molecule has 0 saturated carbocycles. The second-order valence-electron chi connectivity index (χ2n) is 2.55. The third-order valence-corrected chi connectivity index (χ3v) is 1.61. The van der Waals surface area contributed by atoms with Crippen molar-refractivity contribution >= 4 is 28.5 Å². The molecule has 0 fully saturated rings. The van der Waals surface area contributed by atoms with E-state index >= 15 is 0 Å². The molecule has 0 atom stereocenters. The summed E-state index contributed by atoms with van der Waals surface area (Å²) >= 11 is 0. The van der Waals surface area contributed by atoms with Crippen molar-refractivity contribution in [2.75, 3.05) is 11.5 Å². The standard InChI is InChI=1S/C7H6N4O2/c8-3-1-4(9)6-5(2-3)10-7(11-12)13-6/h1-2H,8-9H2. The van der Waals surface area contributed by atoms with E-state index < -0.39 is 0 Å². The first-order valence-corrected chi connectivity index (χ1v) is 3.49. The van der Waals surface area contributed by atoms with Crippen LogP contribution < -0.4 is 11.5 Å². The van der Waals surface area contributed by atoms with E-state index in [-0.39, 0.29) is 6.01 Å². The number of hydrogen-bond donors (Lipinski definition) is 2. The average Bonchev–Trinajstić information content (AvgIpc) is 2.47. The van der Waals surface area contributed by atoms with Gasteiger partial charge in [0.25, 0.3) is 0 Å². The molecule has 0 spiro atoms. The molecule has 66 valence electrons. The first kappa shape index (κ1) is 7.53. The van der Waals surface area contributed by atoms with Gasteiger partial charge >= 0.3 is 6.01 Å². The van der Waals surface area contributed by atoms with Crippen LogP contribution in [0.25, 0.3) is 11.1 Å². The molecule has 0 bridgehead atoms. The number of aromatic nitrogens is 1. The van der Waals surface area contributed by atoms with Crippen LogP contribution in [-0.2, 0) is 0 Å². The molecule has 0 saturated heterocycles. The first-order chi connectivity index (χ1) is 6.20. The summed E-state index contributed by atoms with van der Waals surface area (Å²) < 4.78 is 4.93. The number of anilines is 2. The van der Waals surface area contributed by atoms with Crippen molar-refractivity contribution in [1.29, 1.82) is 0 Å². The van der Waals surface area contributed by atoms with E-state index in [2.05, 4.69) is 10.2 Å². The second-order valence-corrected chi connectivity index (χ2v) is 2.55. The molecule has 0 aliphatic heterocycles. The molecule has 1 heterocycles. The Morgan fingerprint density at radius 1 is 1.38 bits per heavy atom. The SMILES string of the molecule is Nc1cc(N)c2oc(N=O)nc2c1. The summed E-state index contributed by atoms with van der Waals surface area (Å²) in [6.07, 6.45) is 0. The maximum atomic E-state index is 10.1. The van der Waals surface area contributed by atoms with Crippen LogP contribution in [0.4, 0.5) is 17.4 Å². The fraction of sp³-hybridized carbons (Fsp3) is 0. The van der Waals surface area contributed by atoms with Gasteiger partial charge in [0.2, 0.25) is 0 Å². The third kappa shape index (κ3) is 1.08. The van der Waals surface area contributed by atoms with E-state index in [0.29, 0.717) is 22.5 Å². The van der Waals surface area contributed by atoms with Crippen LogP contribution in [0.3, 0.4) is 0 Å². The molecule has 1 aromatic heterocycles. The topological polar surface area (TPSA) is 108 Å². The monoisotopic (exact) mass is 178 g/mol. The molecule has 1 aromatic carbocycles.